The largest absolute Gasteiger partial charge is 0.497 e. The number of nitrogens with one attached hydrogen (secondary N) is 1. The fourth-order valence-corrected chi connectivity index (χ4v) is 3.06. The molecule has 3 rings (SSSR count). The lowest BCUT2D eigenvalue weighted by molar-refractivity contribution is -0.166. The minimum absolute atomic E-state index is 0.179. The van der Waals surface area contributed by atoms with Crippen LogP contribution < -0.4 is 10.1 Å². The van der Waals surface area contributed by atoms with Crippen LogP contribution in [0.5, 0.6) is 5.75 Å². The third kappa shape index (κ3) is 4.31. The molecule has 0 aromatic heterocycles. The zero-order valence-electron chi connectivity index (χ0n) is 15.8. The van der Waals surface area contributed by atoms with Crippen molar-refractivity contribution >= 4 is 17.6 Å². The molecule has 2 aromatic carbocycles. The lowest BCUT2D eigenvalue weighted by Gasteiger charge is -2.23. The fraction of sp³-hybridized carbons (Fsp3) is 0.286. The molecule has 1 atom stereocenters. The van der Waals surface area contributed by atoms with E-state index in [-0.39, 0.29) is 18.9 Å². The first-order valence-electron chi connectivity index (χ1n) is 8.85. The molecule has 0 aliphatic carbocycles. The summed E-state index contributed by atoms with van der Waals surface area (Å²) in [7, 11) is 2.89. The highest BCUT2D eigenvalue weighted by atomic mass is 16.7. The van der Waals surface area contributed by atoms with E-state index in [1.54, 1.807) is 31.4 Å². The first-order valence-corrected chi connectivity index (χ1v) is 8.85. The Morgan fingerprint density at radius 2 is 1.82 bits per heavy atom. The maximum Gasteiger partial charge on any atom is 0.353 e. The SMILES string of the molecule is COC(=O)C1(Cc2ccccc2)CC(CNC(=O)c2ccc(OC)cc2)=NO1. The van der Waals surface area contributed by atoms with Crippen molar-refractivity contribution in [3.8, 4) is 5.75 Å². The first kappa shape index (κ1) is 19.4. The first-order chi connectivity index (χ1) is 13.6. The highest BCUT2D eigenvalue weighted by Crippen LogP contribution is 2.29. The Hall–Kier alpha value is -3.35. The van der Waals surface area contributed by atoms with Crippen LogP contribution in [0.3, 0.4) is 0 Å². The Balaban J connectivity index is 1.62. The van der Waals surface area contributed by atoms with Gasteiger partial charge in [-0.3, -0.25) is 4.79 Å². The van der Waals surface area contributed by atoms with Gasteiger partial charge in [0.25, 0.3) is 5.91 Å². The Morgan fingerprint density at radius 3 is 2.46 bits per heavy atom. The number of carbonyl (C=O) groups is 2. The van der Waals surface area contributed by atoms with Gasteiger partial charge in [0.15, 0.2) is 0 Å². The summed E-state index contributed by atoms with van der Waals surface area (Å²) in [6, 6.07) is 16.3. The number of oxime groups is 1. The van der Waals surface area contributed by atoms with E-state index in [0.29, 0.717) is 23.4 Å². The maximum absolute atomic E-state index is 12.4. The predicted octanol–water partition coefficient (Wildman–Crippen LogP) is 2.36. The van der Waals surface area contributed by atoms with Crippen LogP contribution in [0.25, 0.3) is 0 Å². The molecule has 7 heteroatoms. The fourth-order valence-electron chi connectivity index (χ4n) is 3.06. The van der Waals surface area contributed by atoms with E-state index in [4.69, 9.17) is 14.3 Å². The number of carbonyl (C=O) groups excluding carboxylic acids is 2. The highest BCUT2D eigenvalue weighted by molar-refractivity contribution is 6.00. The molecule has 0 spiro atoms. The van der Waals surface area contributed by atoms with Crippen LogP contribution in [-0.4, -0.2) is 44.0 Å². The molecule has 1 aliphatic heterocycles. The highest BCUT2D eigenvalue weighted by Gasteiger charge is 2.47. The topological polar surface area (TPSA) is 86.2 Å². The molecule has 1 unspecified atom stereocenters. The lowest BCUT2D eigenvalue weighted by Crippen LogP contribution is -2.43. The summed E-state index contributed by atoms with van der Waals surface area (Å²) in [6.07, 6.45) is 0.581. The van der Waals surface area contributed by atoms with Gasteiger partial charge in [0.1, 0.15) is 5.75 Å². The van der Waals surface area contributed by atoms with Crippen LogP contribution in [0.1, 0.15) is 22.3 Å². The molecular weight excluding hydrogens is 360 g/mol. The summed E-state index contributed by atoms with van der Waals surface area (Å²) in [6.45, 7) is 0.179. The van der Waals surface area contributed by atoms with Crippen molar-refractivity contribution < 1.29 is 23.9 Å². The van der Waals surface area contributed by atoms with E-state index in [2.05, 4.69) is 10.5 Å². The number of benzene rings is 2. The molecule has 2 aromatic rings. The van der Waals surface area contributed by atoms with Gasteiger partial charge in [-0.1, -0.05) is 35.5 Å². The minimum atomic E-state index is -1.21. The van der Waals surface area contributed by atoms with E-state index in [9.17, 15) is 9.59 Å². The zero-order chi connectivity index (χ0) is 20.0. The number of hydrogen-bond donors (Lipinski definition) is 1. The van der Waals surface area contributed by atoms with Crippen molar-refractivity contribution in [3.63, 3.8) is 0 Å². The molecule has 1 N–H and O–H groups in total. The molecule has 7 nitrogen and oxygen atoms in total. The number of methoxy groups -OCH3 is 2. The van der Waals surface area contributed by atoms with Crippen LogP contribution in [0.4, 0.5) is 0 Å². The molecule has 0 saturated heterocycles. The van der Waals surface area contributed by atoms with E-state index in [0.717, 1.165) is 5.56 Å². The van der Waals surface area contributed by atoms with Crippen molar-refractivity contribution in [2.24, 2.45) is 5.16 Å². The van der Waals surface area contributed by atoms with Crippen molar-refractivity contribution in [2.75, 3.05) is 20.8 Å². The number of hydrogen-bond acceptors (Lipinski definition) is 6. The van der Waals surface area contributed by atoms with Crippen molar-refractivity contribution in [3.05, 3.63) is 65.7 Å². The molecule has 0 radical (unpaired) electrons. The van der Waals surface area contributed by atoms with Crippen molar-refractivity contribution in [2.45, 2.75) is 18.4 Å². The second-order valence-corrected chi connectivity index (χ2v) is 6.49. The smallest absolute Gasteiger partial charge is 0.353 e. The number of ether oxygens (including phenoxy) is 2. The zero-order valence-corrected chi connectivity index (χ0v) is 15.8. The van der Waals surface area contributed by atoms with Crippen molar-refractivity contribution in [1.29, 1.82) is 0 Å². The molecule has 1 amide bonds. The molecule has 146 valence electrons. The number of amides is 1. The monoisotopic (exact) mass is 382 g/mol. The summed E-state index contributed by atoms with van der Waals surface area (Å²) in [5.41, 5.74) is 0.801. The van der Waals surface area contributed by atoms with Gasteiger partial charge in [0.2, 0.25) is 5.60 Å². The normalized spacial score (nSPS) is 18.0. The van der Waals surface area contributed by atoms with Crippen LogP contribution in [0, 0.1) is 0 Å². The Bertz CT molecular complexity index is 864. The molecule has 0 bridgehead atoms. The summed E-state index contributed by atoms with van der Waals surface area (Å²) in [5.74, 6) is -0.0607. The summed E-state index contributed by atoms with van der Waals surface area (Å²) < 4.78 is 10.0. The van der Waals surface area contributed by atoms with Crippen LogP contribution in [-0.2, 0) is 20.8 Å². The Labute approximate surface area is 163 Å². The second kappa shape index (κ2) is 8.56. The van der Waals surface area contributed by atoms with E-state index in [1.807, 2.05) is 30.3 Å². The second-order valence-electron chi connectivity index (χ2n) is 6.49. The number of esters is 1. The quantitative estimate of drug-likeness (QED) is 0.743. The summed E-state index contributed by atoms with van der Waals surface area (Å²) in [4.78, 5) is 30.2. The molecule has 28 heavy (non-hydrogen) atoms. The molecule has 1 heterocycles. The van der Waals surface area contributed by atoms with Crippen LogP contribution in [0.2, 0.25) is 0 Å². The van der Waals surface area contributed by atoms with Gasteiger partial charge in [0.05, 0.1) is 26.5 Å². The molecule has 1 aliphatic rings. The third-order valence-electron chi connectivity index (χ3n) is 4.53. The minimum Gasteiger partial charge on any atom is -0.497 e. The number of rotatable bonds is 7. The third-order valence-corrected chi connectivity index (χ3v) is 4.53. The van der Waals surface area contributed by atoms with E-state index in [1.165, 1.54) is 7.11 Å². The predicted molar refractivity (Wildman–Crippen MR) is 103 cm³/mol. The van der Waals surface area contributed by atoms with Gasteiger partial charge in [-0.05, 0) is 29.8 Å². The van der Waals surface area contributed by atoms with Gasteiger partial charge in [-0.2, -0.15) is 0 Å². The van der Waals surface area contributed by atoms with E-state index >= 15 is 0 Å². The van der Waals surface area contributed by atoms with Gasteiger partial charge >= 0.3 is 5.97 Å². The van der Waals surface area contributed by atoms with Gasteiger partial charge in [-0.25, -0.2) is 4.79 Å². The molecule has 0 saturated carbocycles. The van der Waals surface area contributed by atoms with Crippen molar-refractivity contribution in [1.82, 2.24) is 5.32 Å². The number of nitrogens with zero attached hydrogens (tertiary/aromatic N) is 1. The van der Waals surface area contributed by atoms with Gasteiger partial charge < -0.3 is 19.6 Å². The van der Waals surface area contributed by atoms with Gasteiger partial charge in [0, 0.05) is 18.4 Å². The molecular formula is C21H22N2O5. The molecule has 0 fully saturated rings. The Morgan fingerprint density at radius 1 is 1.11 bits per heavy atom. The maximum atomic E-state index is 12.4. The standard InChI is InChI=1S/C21H22N2O5/c1-26-18-10-8-16(9-11-18)19(24)22-14-17-13-21(28-23-17,20(25)27-2)12-15-6-4-3-5-7-15/h3-11H,12-14H2,1-2H3,(H,22,24). The lowest BCUT2D eigenvalue weighted by atomic mass is 9.89. The Kier molecular flexibility index (Phi) is 5.93. The van der Waals surface area contributed by atoms with Gasteiger partial charge in [-0.15, -0.1) is 0 Å². The summed E-state index contributed by atoms with van der Waals surface area (Å²) in [5, 5.41) is 6.82. The summed E-state index contributed by atoms with van der Waals surface area (Å²) >= 11 is 0. The van der Waals surface area contributed by atoms with Crippen LogP contribution in [0.15, 0.2) is 59.8 Å². The van der Waals surface area contributed by atoms with Crippen LogP contribution >= 0.6 is 0 Å². The average molecular weight is 382 g/mol. The van der Waals surface area contributed by atoms with E-state index < -0.39 is 11.6 Å². The average Bonchev–Trinajstić information content (AvgIpc) is 3.16.